The summed E-state index contributed by atoms with van der Waals surface area (Å²) in [7, 11) is 0.608. The van der Waals surface area contributed by atoms with Crippen LogP contribution in [0, 0.1) is 0 Å². The van der Waals surface area contributed by atoms with Crippen LogP contribution in [-0.4, -0.2) is 60.8 Å². The number of likely N-dealkylation sites (N-methyl/N-ethyl adjacent to an activating group) is 1. The fraction of sp³-hybridized carbons (Fsp3) is 0.800. The summed E-state index contributed by atoms with van der Waals surface area (Å²) in [5.41, 5.74) is 0. The first-order valence-electron chi connectivity index (χ1n) is 3.12. The van der Waals surface area contributed by atoms with Crippen LogP contribution in [0.15, 0.2) is 0 Å². The highest BCUT2D eigenvalue weighted by Gasteiger charge is 2.11. The normalized spacial score (nSPS) is 10.6. The zero-order valence-corrected chi connectivity index (χ0v) is 9.11. The summed E-state index contributed by atoms with van der Waals surface area (Å²) in [6, 6.07) is 0. The molecule has 0 aliphatic rings. The average molecular weight is 232 g/mol. The second-order valence-corrected chi connectivity index (χ2v) is 4.13. The van der Waals surface area contributed by atoms with Crippen LogP contribution in [0.5, 0.6) is 0 Å². The molecule has 0 saturated heterocycles. The van der Waals surface area contributed by atoms with Crippen molar-refractivity contribution in [2.75, 3.05) is 27.7 Å². The molecule has 88 valence electrons. The summed E-state index contributed by atoms with van der Waals surface area (Å²) in [6.45, 7) is 0.181. The SMILES string of the molecule is C[N+](C)(C)CC(=O)O.N.O=S(=O)([O-])O. The molecular weight excluding hydrogens is 216 g/mol. The van der Waals surface area contributed by atoms with Crippen molar-refractivity contribution in [3.8, 4) is 0 Å². The van der Waals surface area contributed by atoms with E-state index in [-0.39, 0.29) is 12.7 Å². The molecule has 0 bridgehead atoms. The molecule has 0 atom stereocenters. The summed E-state index contributed by atoms with van der Waals surface area (Å²) < 4.78 is 33.3. The molecule has 9 heteroatoms. The largest absolute Gasteiger partial charge is 0.726 e. The lowest BCUT2D eigenvalue weighted by Gasteiger charge is -2.20. The molecule has 0 saturated carbocycles. The average Bonchev–Trinajstić information content (AvgIpc) is 1.47. The molecule has 0 spiro atoms. The maximum Gasteiger partial charge on any atom is 0.359 e. The van der Waals surface area contributed by atoms with Gasteiger partial charge in [-0.2, -0.15) is 0 Å². The first kappa shape index (κ1) is 18.9. The number of nitrogens with zero attached hydrogens (tertiary/aromatic N) is 1. The first-order chi connectivity index (χ1) is 5.42. The van der Waals surface area contributed by atoms with E-state index in [9.17, 15) is 4.79 Å². The van der Waals surface area contributed by atoms with Crippen LogP contribution in [0.4, 0.5) is 0 Å². The Morgan fingerprint density at radius 2 is 1.57 bits per heavy atom. The molecule has 0 radical (unpaired) electrons. The Kier molecular flexibility index (Phi) is 9.03. The van der Waals surface area contributed by atoms with Crippen LogP contribution in [0.1, 0.15) is 0 Å². The van der Waals surface area contributed by atoms with E-state index in [0.717, 1.165) is 0 Å². The van der Waals surface area contributed by atoms with E-state index in [4.69, 9.17) is 22.6 Å². The predicted octanol–water partition coefficient (Wildman–Crippen LogP) is -1.06. The molecule has 0 heterocycles. The van der Waals surface area contributed by atoms with Crippen molar-refractivity contribution in [3.63, 3.8) is 0 Å². The van der Waals surface area contributed by atoms with E-state index >= 15 is 0 Å². The van der Waals surface area contributed by atoms with Gasteiger partial charge in [0, 0.05) is 0 Å². The van der Waals surface area contributed by atoms with Gasteiger partial charge in [-0.15, -0.1) is 0 Å². The highest BCUT2D eigenvalue weighted by atomic mass is 32.3. The number of aliphatic carboxylic acids is 1. The number of quaternary nitrogens is 1. The van der Waals surface area contributed by atoms with Crippen molar-refractivity contribution in [2.24, 2.45) is 0 Å². The van der Waals surface area contributed by atoms with Crippen molar-refractivity contribution >= 4 is 16.4 Å². The molecule has 5 N–H and O–H groups in total. The summed E-state index contributed by atoms with van der Waals surface area (Å²) >= 11 is 0. The van der Waals surface area contributed by atoms with Crippen LogP contribution in [0.2, 0.25) is 0 Å². The van der Waals surface area contributed by atoms with Crippen molar-refractivity contribution in [2.45, 2.75) is 0 Å². The van der Waals surface area contributed by atoms with Gasteiger partial charge in [-0.1, -0.05) is 0 Å². The third kappa shape index (κ3) is 65.3. The van der Waals surface area contributed by atoms with Gasteiger partial charge in [-0.05, 0) is 0 Å². The number of hydrogen-bond donors (Lipinski definition) is 3. The lowest BCUT2D eigenvalue weighted by atomic mass is 10.5. The monoisotopic (exact) mass is 232 g/mol. The zero-order valence-electron chi connectivity index (χ0n) is 8.30. The molecule has 0 aromatic rings. The molecule has 0 rings (SSSR count). The maximum absolute atomic E-state index is 10.00. The van der Waals surface area contributed by atoms with Gasteiger partial charge in [-0.25, -0.2) is 13.2 Å². The second-order valence-electron chi connectivity index (χ2n) is 3.27. The van der Waals surface area contributed by atoms with E-state index in [1.165, 1.54) is 0 Å². The molecule has 0 amide bonds. The van der Waals surface area contributed by atoms with E-state index in [2.05, 4.69) is 0 Å². The Hall–Kier alpha value is -0.740. The van der Waals surface area contributed by atoms with Gasteiger partial charge in [-0.3, -0.25) is 4.55 Å². The Morgan fingerprint density at radius 1 is 1.36 bits per heavy atom. The third-order valence-electron chi connectivity index (χ3n) is 0.610. The van der Waals surface area contributed by atoms with E-state index in [1.807, 2.05) is 21.1 Å². The van der Waals surface area contributed by atoms with Crippen LogP contribution in [-0.2, 0) is 15.2 Å². The van der Waals surface area contributed by atoms with Crippen LogP contribution < -0.4 is 6.15 Å². The Bertz CT molecular complexity index is 246. The summed E-state index contributed by atoms with van der Waals surface area (Å²) in [6.07, 6.45) is 0. The Morgan fingerprint density at radius 3 is 1.57 bits per heavy atom. The van der Waals surface area contributed by atoms with Crippen molar-refractivity contribution in [1.29, 1.82) is 0 Å². The van der Waals surface area contributed by atoms with Gasteiger partial charge in [0.15, 0.2) is 6.54 Å². The number of carbonyl (C=O) groups is 1. The van der Waals surface area contributed by atoms with Gasteiger partial charge in [0.2, 0.25) is 10.4 Å². The summed E-state index contributed by atoms with van der Waals surface area (Å²) in [4.78, 5) is 10.00. The fourth-order valence-electron chi connectivity index (χ4n) is 0.406. The fourth-order valence-corrected chi connectivity index (χ4v) is 0.406. The Balaban J connectivity index is -0.000000177. The standard InChI is InChI=1S/C5H11NO2.H3N.H2O4S/c1-6(2,3)4-5(7)8;;1-5(2,3)4/h4H2,1-3H3;1H3;(H2,1,2,3,4). The summed E-state index contributed by atoms with van der Waals surface area (Å²) in [5, 5.41) is 8.23. The number of hydrogen-bond acceptors (Lipinski definition) is 5. The molecule has 0 aromatic carbocycles. The van der Waals surface area contributed by atoms with Crippen LogP contribution in [0.25, 0.3) is 0 Å². The van der Waals surface area contributed by atoms with Crippen LogP contribution >= 0.6 is 0 Å². The van der Waals surface area contributed by atoms with Crippen molar-refractivity contribution in [1.82, 2.24) is 6.15 Å². The van der Waals surface area contributed by atoms with Gasteiger partial charge in [0.1, 0.15) is 0 Å². The highest BCUT2D eigenvalue weighted by molar-refractivity contribution is 7.79. The lowest BCUT2D eigenvalue weighted by Crippen LogP contribution is -2.39. The molecule has 14 heavy (non-hydrogen) atoms. The van der Waals surface area contributed by atoms with Gasteiger partial charge < -0.3 is 20.3 Å². The molecule has 0 aromatic heterocycles. The number of rotatable bonds is 2. The van der Waals surface area contributed by atoms with Gasteiger partial charge >= 0.3 is 5.97 Å². The van der Waals surface area contributed by atoms with E-state index in [1.54, 1.807) is 0 Å². The Labute approximate surface area is 82.9 Å². The second kappa shape index (κ2) is 6.68. The third-order valence-corrected chi connectivity index (χ3v) is 0.610. The minimum absolute atomic E-state index is 0. The zero-order chi connectivity index (χ0) is 11.3. The van der Waals surface area contributed by atoms with E-state index < -0.39 is 16.4 Å². The quantitative estimate of drug-likeness (QED) is 0.312. The molecular formula is C5H16N2O6S. The smallest absolute Gasteiger partial charge is 0.359 e. The van der Waals surface area contributed by atoms with Crippen molar-refractivity contribution in [3.05, 3.63) is 0 Å². The minimum Gasteiger partial charge on any atom is -0.726 e. The summed E-state index contributed by atoms with van der Waals surface area (Å²) in [5.74, 6) is -0.752. The van der Waals surface area contributed by atoms with Crippen LogP contribution in [0.3, 0.4) is 0 Å². The molecule has 0 fully saturated rings. The molecule has 0 aliphatic carbocycles. The first-order valence-corrected chi connectivity index (χ1v) is 4.49. The van der Waals surface area contributed by atoms with Crippen molar-refractivity contribution < 1.29 is 31.9 Å². The predicted molar refractivity (Wildman–Crippen MR) is 47.9 cm³/mol. The minimum atomic E-state index is -4.92. The topological polar surface area (TPSA) is 150 Å². The van der Waals surface area contributed by atoms with E-state index in [0.29, 0.717) is 4.48 Å². The lowest BCUT2D eigenvalue weighted by molar-refractivity contribution is -0.862. The van der Waals surface area contributed by atoms with Gasteiger partial charge in [0.25, 0.3) is 0 Å². The number of carboxylic acid groups (broad SMARTS) is 1. The molecule has 0 unspecified atom stereocenters. The van der Waals surface area contributed by atoms with Gasteiger partial charge in [0.05, 0.1) is 21.1 Å². The number of carboxylic acids is 1. The maximum atomic E-state index is 10.00. The molecule has 0 aliphatic heterocycles. The molecule has 8 nitrogen and oxygen atoms in total. The highest BCUT2D eigenvalue weighted by Crippen LogP contribution is 1.86.